The third-order valence-corrected chi connectivity index (χ3v) is 4.08. The van der Waals surface area contributed by atoms with Crippen molar-refractivity contribution in [2.75, 3.05) is 31.4 Å². The van der Waals surface area contributed by atoms with E-state index in [0.29, 0.717) is 12.8 Å². The van der Waals surface area contributed by atoms with E-state index in [0.717, 1.165) is 44.2 Å². The van der Waals surface area contributed by atoms with Gasteiger partial charge in [0.15, 0.2) is 6.79 Å². The summed E-state index contributed by atoms with van der Waals surface area (Å²) in [6.07, 6.45) is 4.75. The number of rotatable bonds is 6. The highest BCUT2D eigenvalue weighted by Gasteiger charge is 2.21. The molecule has 0 spiro atoms. The summed E-state index contributed by atoms with van der Waals surface area (Å²) < 4.78 is 11.2. The highest BCUT2D eigenvalue weighted by atomic mass is 16.7. The van der Waals surface area contributed by atoms with Gasteiger partial charge in [0.25, 0.3) is 0 Å². The monoisotopic (exact) mass is 276 g/mol. The lowest BCUT2D eigenvalue weighted by Gasteiger charge is -2.32. The molecule has 1 aromatic rings. The van der Waals surface area contributed by atoms with E-state index in [1.807, 2.05) is 12.1 Å². The van der Waals surface area contributed by atoms with Crippen molar-refractivity contribution in [3.63, 3.8) is 0 Å². The molecule has 1 saturated carbocycles. The Morgan fingerprint density at radius 2 is 1.95 bits per heavy atom. The Kier molecular flexibility index (Phi) is 4.43. The second-order valence-corrected chi connectivity index (χ2v) is 5.90. The smallest absolute Gasteiger partial charge is 0.189 e. The molecule has 0 radical (unpaired) electrons. The van der Waals surface area contributed by atoms with E-state index < -0.39 is 0 Å². The number of piperidine rings is 1. The molecule has 4 nitrogen and oxygen atoms in total. The van der Waals surface area contributed by atoms with Crippen LogP contribution in [0.2, 0.25) is 0 Å². The molecule has 4 heteroatoms. The Morgan fingerprint density at radius 3 is 2.70 bits per heavy atom. The van der Waals surface area contributed by atoms with Crippen LogP contribution >= 0.6 is 0 Å². The number of benzene rings is 1. The van der Waals surface area contributed by atoms with Gasteiger partial charge in [-0.2, -0.15) is 0 Å². The normalized spacial score (nSPS) is 20.1. The Balaban J connectivity index is 1.49. The Labute approximate surface area is 120 Å². The topological polar surface area (TPSA) is 47.7 Å². The molecule has 1 aliphatic heterocycles. The molecule has 0 aromatic heterocycles. The second-order valence-electron chi connectivity index (χ2n) is 5.90. The largest absolute Gasteiger partial charge is 0.467 e. The molecule has 0 atom stereocenters. The summed E-state index contributed by atoms with van der Waals surface area (Å²) in [5.74, 6) is 1.66. The first kappa shape index (κ1) is 13.7. The first-order valence-electron chi connectivity index (χ1n) is 7.62. The predicted molar refractivity (Wildman–Crippen MR) is 80.0 cm³/mol. The van der Waals surface area contributed by atoms with Crippen molar-refractivity contribution in [2.24, 2.45) is 11.7 Å². The zero-order valence-corrected chi connectivity index (χ0v) is 12.0. The molecule has 1 aromatic carbocycles. The van der Waals surface area contributed by atoms with Crippen molar-refractivity contribution in [2.45, 2.75) is 31.7 Å². The molecule has 1 saturated heterocycles. The maximum Gasteiger partial charge on any atom is 0.189 e. The van der Waals surface area contributed by atoms with E-state index in [4.69, 9.17) is 15.2 Å². The van der Waals surface area contributed by atoms with Crippen LogP contribution in [0.4, 0.5) is 5.69 Å². The number of anilines is 1. The second kappa shape index (κ2) is 6.46. The quantitative estimate of drug-likeness (QED) is 0.640. The molecule has 2 fully saturated rings. The summed E-state index contributed by atoms with van der Waals surface area (Å²) >= 11 is 0. The van der Waals surface area contributed by atoms with Crippen molar-refractivity contribution in [3.8, 4) is 5.75 Å². The van der Waals surface area contributed by atoms with Gasteiger partial charge in [-0.25, -0.2) is 0 Å². The number of hydrogen-bond donors (Lipinski definition) is 1. The maximum atomic E-state index is 5.95. The fourth-order valence-corrected chi connectivity index (χ4v) is 2.54. The van der Waals surface area contributed by atoms with Crippen molar-refractivity contribution < 1.29 is 9.47 Å². The van der Waals surface area contributed by atoms with Crippen molar-refractivity contribution in [1.29, 1.82) is 0 Å². The van der Waals surface area contributed by atoms with Crippen LogP contribution in [0, 0.1) is 5.92 Å². The van der Waals surface area contributed by atoms with E-state index in [1.54, 1.807) is 0 Å². The van der Waals surface area contributed by atoms with Crippen molar-refractivity contribution in [1.82, 2.24) is 0 Å². The van der Waals surface area contributed by atoms with Crippen LogP contribution in [0.3, 0.4) is 0 Å². The molecule has 1 aliphatic carbocycles. The van der Waals surface area contributed by atoms with Gasteiger partial charge in [-0.1, -0.05) is 6.07 Å². The van der Waals surface area contributed by atoms with Gasteiger partial charge in [-0.3, -0.25) is 0 Å². The number of nitrogens with two attached hydrogens (primary N) is 1. The summed E-state index contributed by atoms with van der Waals surface area (Å²) in [5, 5.41) is 0. The summed E-state index contributed by atoms with van der Waals surface area (Å²) in [6.45, 7) is 3.25. The Morgan fingerprint density at radius 1 is 1.15 bits per heavy atom. The van der Waals surface area contributed by atoms with Crippen LogP contribution in [0.25, 0.3) is 0 Å². The number of ether oxygens (including phenoxy) is 2. The molecule has 2 N–H and O–H groups in total. The minimum atomic E-state index is 0.352. The minimum Gasteiger partial charge on any atom is -0.467 e. The fraction of sp³-hybridized carbons (Fsp3) is 0.625. The van der Waals surface area contributed by atoms with Crippen LogP contribution in [-0.4, -0.2) is 32.5 Å². The highest BCUT2D eigenvalue weighted by Crippen LogP contribution is 2.29. The Hall–Kier alpha value is -1.26. The third kappa shape index (κ3) is 3.87. The average molecular weight is 276 g/mol. The van der Waals surface area contributed by atoms with Gasteiger partial charge >= 0.3 is 0 Å². The lowest BCUT2D eigenvalue weighted by atomic mass is 10.1. The third-order valence-electron chi connectivity index (χ3n) is 4.08. The maximum absolute atomic E-state index is 5.95. The van der Waals surface area contributed by atoms with E-state index in [9.17, 15) is 0 Å². The van der Waals surface area contributed by atoms with Crippen molar-refractivity contribution >= 4 is 5.69 Å². The van der Waals surface area contributed by atoms with E-state index in [1.165, 1.54) is 18.5 Å². The van der Waals surface area contributed by atoms with Crippen LogP contribution in [0.5, 0.6) is 5.75 Å². The van der Waals surface area contributed by atoms with E-state index >= 15 is 0 Å². The van der Waals surface area contributed by atoms with E-state index in [-0.39, 0.29) is 0 Å². The lowest BCUT2D eigenvalue weighted by molar-refractivity contribution is 0.0100. The summed E-state index contributed by atoms with van der Waals surface area (Å²) in [5.41, 5.74) is 7.17. The Bertz CT molecular complexity index is 426. The zero-order valence-electron chi connectivity index (χ0n) is 12.0. The molecule has 0 bridgehead atoms. The van der Waals surface area contributed by atoms with Gasteiger partial charge in [0.2, 0.25) is 0 Å². The number of nitrogens with zero attached hydrogens (tertiary/aromatic N) is 1. The van der Waals surface area contributed by atoms with Gasteiger partial charge < -0.3 is 20.1 Å². The molecule has 20 heavy (non-hydrogen) atoms. The van der Waals surface area contributed by atoms with Gasteiger partial charge in [-0.15, -0.1) is 0 Å². The predicted octanol–water partition coefficient (Wildman–Crippen LogP) is 2.38. The molecular weight excluding hydrogens is 252 g/mol. The fourth-order valence-electron chi connectivity index (χ4n) is 2.54. The van der Waals surface area contributed by atoms with Gasteiger partial charge in [0.05, 0.1) is 6.61 Å². The van der Waals surface area contributed by atoms with Gasteiger partial charge in [0, 0.05) is 30.9 Å². The SMILES string of the molecule is NC1CCN(c2cccc(OCOCC3CC3)c2)CC1. The van der Waals surface area contributed by atoms with Crippen LogP contribution < -0.4 is 15.4 Å². The summed E-state index contributed by atoms with van der Waals surface area (Å²) in [6, 6.07) is 8.62. The molecule has 2 aliphatic rings. The first-order valence-corrected chi connectivity index (χ1v) is 7.62. The molecule has 110 valence electrons. The van der Waals surface area contributed by atoms with Crippen LogP contribution in [0.15, 0.2) is 24.3 Å². The first-order chi connectivity index (χ1) is 9.81. The minimum absolute atomic E-state index is 0.352. The average Bonchev–Trinajstić information content (AvgIpc) is 3.29. The zero-order chi connectivity index (χ0) is 13.8. The molecule has 0 amide bonds. The molecule has 0 unspecified atom stereocenters. The molecular formula is C16H24N2O2. The lowest BCUT2D eigenvalue weighted by Crippen LogP contribution is -2.39. The van der Waals surface area contributed by atoms with Crippen LogP contribution in [-0.2, 0) is 4.74 Å². The van der Waals surface area contributed by atoms with Crippen LogP contribution in [0.1, 0.15) is 25.7 Å². The molecule has 1 heterocycles. The molecule has 3 rings (SSSR count). The van der Waals surface area contributed by atoms with Crippen molar-refractivity contribution in [3.05, 3.63) is 24.3 Å². The standard InChI is InChI=1S/C16H24N2O2/c17-14-6-8-18(9-7-14)15-2-1-3-16(10-15)20-12-19-11-13-4-5-13/h1-3,10,13-14H,4-9,11-12,17H2. The summed E-state index contributed by atoms with van der Waals surface area (Å²) in [7, 11) is 0. The highest BCUT2D eigenvalue weighted by molar-refractivity contribution is 5.51. The van der Waals surface area contributed by atoms with Gasteiger partial charge in [0.1, 0.15) is 5.75 Å². The van der Waals surface area contributed by atoms with Gasteiger partial charge in [-0.05, 0) is 43.7 Å². The number of hydrogen-bond acceptors (Lipinski definition) is 4. The summed E-state index contributed by atoms with van der Waals surface area (Å²) in [4.78, 5) is 2.38. The van der Waals surface area contributed by atoms with E-state index in [2.05, 4.69) is 17.0 Å².